The molecule has 0 unspecified atom stereocenters. The van der Waals surface area contributed by atoms with Gasteiger partial charge in [-0.2, -0.15) is 0 Å². The Bertz CT molecular complexity index is 217. The van der Waals surface area contributed by atoms with Gasteiger partial charge in [0.2, 0.25) is 5.91 Å². The molecule has 0 atom stereocenters. The summed E-state index contributed by atoms with van der Waals surface area (Å²) in [5.41, 5.74) is 0. The van der Waals surface area contributed by atoms with Crippen molar-refractivity contribution in [2.75, 3.05) is 19.6 Å². The zero-order valence-electron chi connectivity index (χ0n) is 9.62. The molecule has 0 radical (unpaired) electrons. The number of aliphatic carboxylic acids is 1. The van der Waals surface area contributed by atoms with E-state index in [1.807, 2.05) is 20.8 Å². The second kappa shape index (κ2) is 7.23. The van der Waals surface area contributed by atoms with Crippen LogP contribution in [0.2, 0.25) is 0 Å². The fourth-order valence-corrected chi connectivity index (χ4v) is 1.10. The highest BCUT2D eigenvalue weighted by Gasteiger charge is 2.16. The quantitative estimate of drug-likeness (QED) is 0.642. The van der Waals surface area contributed by atoms with Gasteiger partial charge in [-0.15, -0.1) is 0 Å². The second-order valence-electron chi connectivity index (χ2n) is 3.74. The van der Waals surface area contributed by atoms with E-state index in [2.05, 4.69) is 5.32 Å². The maximum Gasteiger partial charge on any atom is 0.317 e. The molecule has 5 heteroatoms. The first-order chi connectivity index (χ1) is 6.97. The number of amides is 1. The molecule has 0 bridgehead atoms. The maximum atomic E-state index is 11.4. The summed E-state index contributed by atoms with van der Waals surface area (Å²) in [5, 5.41) is 11.4. The zero-order valence-corrected chi connectivity index (χ0v) is 9.62. The van der Waals surface area contributed by atoms with Gasteiger partial charge in [-0.3, -0.25) is 14.5 Å². The van der Waals surface area contributed by atoms with E-state index < -0.39 is 5.97 Å². The third-order valence-corrected chi connectivity index (χ3v) is 1.99. The van der Waals surface area contributed by atoms with E-state index in [1.165, 1.54) is 0 Å². The predicted molar refractivity (Wildman–Crippen MR) is 57.6 cm³/mol. The number of carboxylic acid groups (broad SMARTS) is 1. The molecule has 0 aromatic rings. The second-order valence-corrected chi connectivity index (χ2v) is 3.74. The number of carboxylic acids is 1. The van der Waals surface area contributed by atoms with Crippen LogP contribution >= 0.6 is 0 Å². The van der Waals surface area contributed by atoms with Crippen LogP contribution in [0.15, 0.2) is 0 Å². The molecule has 0 heterocycles. The lowest BCUT2D eigenvalue weighted by molar-refractivity contribution is -0.139. The van der Waals surface area contributed by atoms with E-state index in [0.29, 0.717) is 6.54 Å². The number of nitrogens with one attached hydrogen (secondary N) is 1. The van der Waals surface area contributed by atoms with Crippen molar-refractivity contribution in [3.05, 3.63) is 0 Å². The van der Waals surface area contributed by atoms with Crippen molar-refractivity contribution >= 4 is 11.9 Å². The molecule has 0 aromatic heterocycles. The normalized spacial score (nSPS) is 10.7. The lowest BCUT2D eigenvalue weighted by atomic mass is 10.3. The summed E-state index contributed by atoms with van der Waals surface area (Å²) in [7, 11) is 0. The summed E-state index contributed by atoms with van der Waals surface area (Å²) in [5.74, 6) is -1.03. The Morgan fingerprint density at radius 3 is 2.33 bits per heavy atom. The van der Waals surface area contributed by atoms with Gasteiger partial charge in [0.25, 0.3) is 0 Å². The van der Waals surface area contributed by atoms with Crippen molar-refractivity contribution < 1.29 is 14.7 Å². The van der Waals surface area contributed by atoms with Crippen LogP contribution in [-0.2, 0) is 9.59 Å². The lowest BCUT2D eigenvalue weighted by Gasteiger charge is -2.23. The molecule has 5 nitrogen and oxygen atoms in total. The smallest absolute Gasteiger partial charge is 0.317 e. The zero-order chi connectivity index (χ0) is 11.8. The van der Waals surface area contributed by atoms with E-state index in [4.69, 9.17) is 5.11 Å². The summed E-state index contributed by atoms with van der Waals surface area (Å²) in [6, 6.07) is 0.0495. The monoisotopic (exact) mass is 216 g/mol. The Labute approximate surface area is 90.5 Å². The van der Waals surface area contributed by atoms with Gasteiger partial charge in [0, 0.05) is 12.6 Å². The van der Waals surface area contributed by atoms with Crippen molar-refractivity contribution in [2.24, 2.45) is 0 Å². The molecule has 0 aliphatic rings. The highest BCUT2D eigenvalue weighted by Crippen LogP contribution is 1.96. The van der Waals surface area contributed by atoms with Gasteiger partial charge in [-0.1, -0.05) is 6.92 Å². The van der Waals surface area contributed by atoms with Gasteiger partial charge in [-0.05, 0) is 20.3 Å². The molecule has 0 saturated carbocycles. The fourth-order valence-electron chi connectivity index (χ4n) is 1.10. The number of carbonyl (C=O) groups excluding carboxylic acids is 1. The van der Waals surface area contributed by atoms with E-state index in [9.17, 15) is 9.59 Å². The molecule has 0 aliphatic carbocycles. The number of hydrogen-bond acceptors (Lipinski definition) is 3. The molecule has 88 valence electrons. The molecule has 2 N–H and O–H groups in total. The topological polar surface area (TPSA) is 69.6 Å². The van der Waals surface area contributed by atoms with Crippen LogP contribution in [0.1, 0.15) is 27.2 Å². The standard InChI is InChI=1S/C10H20N2O3/c1-4-5-11-9(13)6-12(8(2)3)7-10(14)15/h8H,4-7H2,1-3H3,(H,11,13)(H,14,15). The van der Waals surface area contributed by atoms with Crippen LogP contribution in [0.25, 0.3) is 0 Å². The third-order valence-electron chi connectivity index (χ3n) is 1.99. The highest BCUT2D eigenvalue weighted by molar-refractivity contribution is 5.79. The van der Waals surface area contributed by atoms with E-state index in [1.54, 1.807) is 4.90 Å². The minimum atomic E-state index is -0.910. The summed E-state index contributed by atoms with van der Waals surface area (Å²) in [6.07, 6.45) is 0.881. The van der Waals surface area contributed by atoms with Crippen molar-refractivity contribution in [2.45, 2.75) is 33.2 Å². The fraction of sp³-hybridized carbons (Fsp3) is 0.800. The van der Waals surface area contributed by atoms with Crippen LogP contribution in [0.5, 0.6) is 0 Å². The average Bonchev–Trinajstić information content (AvgIpc) is 2.12. The average molecular weight is 216 g/mol. The van der Waals surface area contributed by atoms with Crippen LogP contribution in [0.4, 0.5) is 0 Å². The maximum absolute atomic E-state index is 11.4. The number of rotatable bonds is 7. The SMILES string of the molecule is CCCNC(=O)CN(CC(=O)O)C(C)C. The van der Waals surface area contributed by atoms with Gasteiger partial charge in [-0.25, -0.2) is 0 Å². The molecule has 1 amide bonds. The van der Waals surface area contributed by atoms with Gasteiger partial charge in [0.15, 0.2) is 0 Å². The summed E-state index contributed by atoms with van der Waals surface area (Å²) >= 11 is 0. The largest absolute Gasteiger partial charge is 0.480 e. The number of hydrogen-bond donors (Lipinski definition) is 2. The molecule has 0 saturated heterocycles. The Morgan fingerprint density at radius 1 is 1.33 bits per heavy atom. The minimum Gasteiger partial charge on any atom is -0.480 e. The van der Waals surface area contributed by atoms with Gasteiger partial charge < -0.3 is 10.4 Å². The van der Waals surface area contributed by atoms with Gasteiger partial charge in [0.05, 0.1) is 13.1 Å². The highest BCUT2D eigenvalue weighted by atomic mass is 16.4. The van der Waals surface area contributed by atoms with E-state index in [-0.39, 0.29) is 25.0 Å². The molecular weight excluding hydrogens is 196 g/mol. The Balaban J connectivity index is 4.04. The molecule has 0 aliphatic heterocycles. The van der Waals surface area contributed by atoms with Crippen LogP contribution in [0.3, 0.4) is 0 Å². The Hall–Kier alpha value is -1.10. The molecule has 15 heavy (non-hydrogen) atoms. The van der Waals surface area contributed by atoms with Crippen molar-refractivity contribution in [1.82, 2.24) is 10.2 Å². The lowest BCUT2D eigenvalue weighted by Crippen LogP contribution is -2.43. The predicted octanol–water partition coefficient (Wildman–Crippen LogP) is 0.308. The van der Waals surface area contributed by atoms with E-state index >= 15 is 0 Å². The third kappa shape index (κ3) is 6.90. The van der Waals surface area contributed by atoms with Crippen LogP contribution < -0.4 is 5.32 Å². The molecule has 0 rings (SSSR count). The molecule has 0 spiro atoms. The molecular formula is C10H20N2O3. The Morgan fingerprint density at radius 2 is 1.93 bits per heavy atom. The summed E-state index contributed by atoms with van der Waals surface area (Å²) in [6.45, 7) is 6.39. The van der Waals surface area contributed by atoms with E-state index in [0.717, 1.165) is 6.42 Å². The first kappa shape index (κ1) is 13.9. The molecule has 0 aromatic carbocycles. The summed E-state index contributed by atoms with van der Waals surface area (Å²) in [4.78, 5) is 23.5. The first-order valence-electron chi connectivity index (χ1n) is 5.19. The number of nitrogens with zero attached hydrogens (tertiary/aromatic N) is 1. The molecule has 0 fully saturated rings. The first-order valence-corrected chi connectivity index (χ1v) is 5.19. The summed E-state index contributed by atoms with van der Waals surface area (Å²) < 4.78 is 0. The Kier molecular flexibility index (Phi) is 6.70. The van der Waals surface area contributed by atoms with Crippen molar-refractivity contribution in [1.29, 1.82) is 0 Å². The number of carbonyl (C=O) groups is 2. The minimum absolute atomic E-state index is 0.0495. The van der Waals surface area contributed by atoms with Crippen LogP contribution in [-0.4, -0.2) is 47.6 Å². The van der Waals surface area contributed by atoms with Gasteiger partial charge in [0.1, 0.15) is 0 Å². The van der Waals surface area contributed by atoms with Crippen molar-refractivity contribution in [3.63, 3.8) is 0 Å². The van der Waals surface area contributed by atoms with Gasteiger partial charge >= 0.3 is 5.97 Å². The van der Waals surface area contributed by atoms with Crippen molar-refractivity contribution in [3.8, 4) is 0 Å². The van der Waals surface area contributed by atoms with Crippen LogP contribution in [0, 0.1) is 0 Å².